The summed E-state index contributed by atoms with van der Waals surface area (Å²) in [5, 5.41) is 3.94. The lowest BCUT2D eigenvalue weighted by Gasteiger charge is -2.03. The van der Waals surface area contributed by atoms with Crippen LogP contribution in [-0.2, 0) is 0 Å². The minimum absolute atomic E-state index is 0.203. The Labute approximate surface area is 122 Å². The Morgan fingerprint density at radius 3 is 2.60 bits per heavy atom. The lowest BCUT2D eigenvalue weighted by atomic mass is 10.0. The van der Waals surface area contributed by atoms with Gasteiger partial charge in [0, 0.05) is 10.5 Å². The molecule has 0 saturated carbocycles. The van der Waals surface area contributed by atoms with Gasteiger partial charge in [-0.25, -0.2) is 0 Å². The van der Waals surface area contributed by atoms with Crippen LogP contribution in [0.3, 0.4) is 0 Å². The zero-order valence-electron chi connectivity index (χ0n) is 10.3. The molecule has 1 aromatic carbocycles. The van der Waals surface area contributed by atoms with Crippen molar-refractivity contribution in [2.75, 3.05) is 5.73 Å². The number of hydrogen-bond acceptors (Lipinski definition) is 4. The zero-order valence-corrected chi connectivity index (χ0v) is 11.8. The molecule has 0 saturated heterocycles. The number of rotatable bonds is 2. The number of hydrogen-bond donors (Lipinski definition) is 2. The molecule has 0 amide bonds. The summed E-state index contributed by atoms with van der Waals surface area (Å²) >= 11 is 3.38. The van der Waals surface area contributed by atoms with E-state index in [2.05, 4.69) is 26.1 Å². The number of nitrogens with one attached hydrogen (secondary N) is 1. The summed E-state index contributed by atoms with van der Waals surface area (Å²) in [5.41, 5.74) is 8.27. The molecule has 5 nitrogen and oxygen atoms in total. The number of halogens is 1. The third kappa shape index (κ3) is 2.25. The topological polar surface area (TPSA) is 84.9 Å². The van der Waals surface area contributed by atoms with Crippen molar-refractivity contribution in [2.24, 2.45) is 0 Å². The Morgan fingerprint density at radius 2 is 1.90 bits per heavy atom. The van der Waals surface area contributed by atoms with E-state index in [4.69, 9.17) is 10.3 Å². The molecule has 0 radical (unpaired) electrons. The summed E-state index contributed by atoms with van der Waals surface area (Å²) < 4.78 is 6.03. The van der Waals surface area contributed by atoms with Crippen molar-refractivity contribution >= 4 is 21.8 Å². The van der Waals surface area contributed by atoms with E-state index in [1.54, 1.807) is 12.1 Å². The second-order valence-electron chi connectivity index (χ2n) is 4.21. The van der Waals surface area contributed by atoms with Gasteiger partial charge in [-0.05, 0) is 23.8 Å². The summed E-state index contributed by atoms with van der Waals surface area (Å²) in [6.07, 6.45) is 0. The number of aromatic amines is 1. The first-order valence-corrected chi connectivity index (χ1v) is 6.65. The number of aromatic nitrogens is 2. The SMILES string of the molecule is Nc1onc(-c2cccc(=O)[nH]2)c1-c1ccc(Br)cc1. The maximum atomic E-state index is 11.4. The summed E-state index contributed by atoms with van der Waals surface area (Å²) in [6, 6.07) is 12.4. The first kappa shape index (κ1) is 12.7. The summed E-state index contributed by atoms with van der Waals surface area (Å²) in [4.78, 5) is 14.1. The quantitative estimate of drug-likeness (QED) is 0.755. The van der Waals surface area contributed by atoms with Gasteiger partial charge in [0.25, 0.3) is 0 Å². The lowest BCUT2D eigenvalue weighted by Crippen LogP contribution is -2.04. The van der Waals surface area contributed by atoms with E-state index in [1.807, 2.05) is 24.3 Å². The molecule has 2 aromatic heterocycles. The van der Waals surface area contributed by atoms with Gasteiger partial charge in [-0.2, -0.15) is 0 Å². The third-order valence-corrected chi connectivity index (χ3v) is 3.40. The molecule has 0 unspecified atom stereocenters. The lowest BCUT2D eigenvalue weighted by molar-refractivity contribution is 0.439. The molecule has 3 aromatic rings. The van der Waals surface area contributed by atoms with Crippen LogP contribution in [0.1, 0.15) is 0 Å². The second-order valence-corrected chi connectivity index (χ2v) is 5.12. The van der Waals surface area contributed by atoms with Crippen molar-refractivity contribution < 1.29 is 4.52 Å². The van der Waals surface area contributed by atoms with Gasteiger partial charge in [-0.3, -0.25) is 4.79 Å². The van der Waals surface area contributed by atoms with Gasteiger partial charge < -0.3 is 15.2 Å². The predicted octanol–water partition coefficient (Wildman–Crippen LogP) is 3.04. The van der Waals surface area contributed by atoms with Gasteiger partial charge in [0.2, 0.25) is 11.4 Å². The van der Waals surface area contributed by atoms with Crippen LogP contribution in [-0.4, -0.2) is 10.1 Å². The van der Waals surface area contributed by atoms with Gasteiger partial charge in [-0.15, -0.1) is 0 Å². The molecular weight excluding hydrogens is 322 g/mol. The van der Waals surface area contributed by atoms with Crippen LogP contribution >= 0.6 is 15.9 Å². The molecule has 6 heteroatoms. The number of nitrogens with two attached hydrogens (primary N) is 1. The van der Waals surface area contributed by atoms with E-state index in [9.17, 15) is 4.79 Å². The van der Waals surface area contributed by atoms with Crippen molar-refractivity contribution in [1.82, 2.24) is 10.1 Å². The molecule has 0 atom stereocenters. The van der Waals surface area contributed by atoms with Gasteiger partial charge >= 0.3 is 0 Å². The van der Waals surface area contributed by atoms with Crippen LogP contribution in [0.25, 0.3) is 22.5 Å². The van der Waals surface area contributed by atoms with Crippen LogP contribution in [0, 0.1) is 0 Å². The molecule has 0 aliphatic rings. The predicted molar refractivity (Wildman–Crippen MR) is 80.1 cm³/mol. The first-order valence-electron chi connectivity index (χ1n) is 5.86. The summed E-state index contributed by atoms with van der Waals surface area (Å²) in [6.45, 7) is 0. The van der Waals surface area contributed by atoms with Gasteiger partial charge in [0.15, 0.2) is 0 Å². The molecule has 3 rings (SSSR count). The molecule has 0 aliphatic carbocycles. The normalized spacial score (nSPS) is 10.7. The van der Waals surface area contributed by atoms with Crippen molar-refractivity contribution in [3.8, 4) is 22.5 Å². The third-order valence-electron chi connectivity index (χ3n) is 2.87. The Bertz CT molecular complexity index is 806. The van der Waals surface area contributed by atoms with Crippen LogP contribution in [0.5, 0.6) is 0 Å². The molecule has 0 fully saturated rings. The number of nitrogens with zero attached hydrogens (tertiary/aromatic N) is 1. The molecule has 3 N–H and O–H groups in total. The fourth-order valence-electron chi connectivity index (χ4n) is 1.97. The highest BCUT2D eigenvalue weighted by Gasteiger charge is 2.17. The molecule has 2 heterocycles. The maximum absolute atomic E-state index is 11.4. The monoisotopic (exact) mass is 331 g/mol. The van der Waals surface area contributed by atoms with Gasteiger partial charge in [0.05, 0.1) is 11.3 Å². The molecule has 100 valence electrons. The standard InChI is InChI=1S/C14H10BrN3O2/c15-9-6-4-8(5-7-9)12-13(18-20-14(12)16)10-2-1-3-11(19)17-10/h1-7H,16H2,(H,17,19). The van der Waals surface area contributed by atoms with Gasteiger partial charge in [-0.1, -0.05) is 39.3 Å². The fraction of sp³-hybridized carbons (Fsp3) is 0. The average Bonchev–Trinajstić information content (AvgIpc) is 2.82. The smallest absolute Gasteiger partial charge is 0.248 e. The average molecular weight is 332 g/mol. The second kappa shape index (κ2) is 4.97. The highest BCUT2D eigenvalue weighted by Crippen LogP contribution is 2.35. The summed E-state index contributed by atoms with van der Waals surface area (Å²) in [7, 11) is 0. The van der Waals surface area contributed by atoms with E-state index in [0.29, 0.717) is 17.0 Å². The van der Waals surface area contributed by atoms with E-state index < -0.39 is 0 Å². The van der Waals surface area contributed by atoms with Crippen molar-refractivity contribution in [3.05, 3.63) is 57.3 Å². The first-order chi connectivity index (χ1) is 9.65. The van der Waals surface area contributed by atoms with Gasteiger partial charge in [0.1, 0.15) is 5.69 Å². The largest absolute Gasteiger partial charge is 0.367 e. The van der Waals surface area contributed by atoms with E-state index in [-0.39, 0.29) is 11.4 Å². The Morgan fingerprint density at radius 1 is 1.15 bits per heavy atom. The molecule has 0 bridgehead atoms. The Kier molecular flexibility index (Phi) is 3.15. The van der Waals surface area contributed by atoms with Crippen molar-refractivity contribution in [2.45, 2.75) is 0 Å². The van der Waals surface area contributed by atoms with Crippen LogP contribution in [0.2, 0.25) is 0 Å². The van der Waals surface area contributed by atoms with E-state index in [0.717, 1.165) is 10.0 Å². The number of pyridine rings is 1. The van der Waals surface area contributed by atoms with Crippen LogP contribution < -0.4 is 11.3 Å². The highest BCUT2D eigenvalue weighted by molar-refractivity contribution is 9.10. The highest BCUT2D eigenvalue weighted by atomic mass is 79.9. The molecule has 20 heavy (non-hydrogen) atoms. The molecular formula is C14H10BrN3O2. The van der Waals surface area contributed by atoms with Crippen molar-refractivity contribution in [3.63, 3.8) is 0 Å². The number of anilines is 1. The zero-order chi connectivity index (χ0) is 14.1. The number of H-pyrrole nitrogens is 1. The summed E-state index contributed by atoms with van der Waals surface area (Å²) in [5.74, 6) is 0.215. The fourth-order valence-corrected chi connectivity index (χ4v) is 2.23. The van der Waals surface area contributed by atoms with E-state index in [1.165, 1.54) is 6.07 Å². The maximum Gasteiger partial charge on any atom is 0.248 e. The molecule has 0 aliphatic heterocycles. The Balaban J connectivity index is 2.19. The van der Waals surface area contributed by atoms with Crippen LogP contribution in [0.4, 0.5) is 5.88 Å². The number of nitrogen functional groups attached to an aromatic ring is 1. The van der Waals surface area contributed by atoms with E-state index >= 15 is 0 Å². The molecule has 0 spiro atoms. The number of benzene rings is 1. The minimum atomic E-state index is -0.203. The van der Waals surface area contributed by atoms with Crippen LogP contribution in [0.15, 0.2) is 56.3 Å². The minimum Gasteiger partial charge on any atom is -0.367 e. The van der Waals surface area contributed by atoms with Crippen molar-refractivity contribution in [1.29, 1.82) is 0 Å². The Hall–Kier alpha value is -2.34.